The Morgan fingerprint density at radius 3 is 2.42 bits per heavy atom. The zero-order valence-corrected chi connectivity index (χ0v) is 24.0. The first-order chi connectivity index (χ1) is 17.5. The Morgan fingerprint density at radius 1 is 1.11 bits per heavy atom. The maximum atomic E-state index is 12.6. The van der Waals surface area contributed by atoms with E-state index >= 15 is 0 Å². The van der Waals surface area contributed by atoms with Crippen LogP contribution in [-0.2, 0) is 11.2 Å². The van der Waals surface area contributed by atoms with Crippen LogP contribution in [0.4, 0.5) is 22.0 Å². The molecule has 216 valence electrons. The van der Waals surface area contributed by atoms with Crippen molar-refractivity contribution in [3.8, 4) is 5.75 Å². The van der Waals surface area contributed by atoms with Crippen molar-refractivity contribution in [2.24, 2.45) is 17.3 Å². The van der Waals surface area contributed by atoms with Gasteiger partial charge in [-0.3, -0.25) is 4.79 Å². The fraction of sp³-hybridized carbons (Fsp3) is 0.759. The van der Waals surface area contributed by atoms with Gasteiger partial charge >= 0.3 is 12.1 Å². The maximum Gasteiger partial charge on any atom is 0.453 e. The number of phenols is 1. The zero-order chi connectivity index (χ0) is 28.5. The highest BCUT2D eigenvalue weighted by atomic mass is 32.2. The van der Waals surface area contributed by atoms with Crippen molar-refractivity contribution >= 4 is 17.7 Å². The van der Waals surface area contributed by atoms with Crippen LogP contribution >= 0.6 is 11.9 Å². The molecular formula is C29H42F5NO2S. The third-order valence-corrected chi connectivity index (χ3v) is 10.8. The molecule has 1 aromatic rings. The first-order valence-corrected chi connectivity index (χ1v) is 14.6. The van der Waals surface area contributed by atoms with Gasteiger partial charge in [-0.05, 0) is 107 Å². The molecule has 0 amide bonds. The number of hydrogen-bond acceptors (Lipinski definition) is 4. The average Bonchev–Trinajstić information content (AvgIpc) is 3.15. The van der Waals surface area contributed by atoms with Crippen LogP contribution in [0.2, 0.25) is 0 Å². The molecule has 0 saturated heterocycles. The molecule has 1 N–H and O–H groups in total. The van der Waals surface area contributed by atoms with Crippen molar-refractivity contribution in [2.75, 3.05) is 12.8 Å². The lowest BCUT2D eigenvalue weighted by Crippen LogP contribution is -2.42. The fourth-order valence-corrected chi connectivity index (χ4v) is 7.40. The van der Waals surface area contributed by atoms with Crippen LogP contribution in [0.15, 0.2) is 18.2 Å². The van der Waals surface area contributed by atoms with Gasteiger partial charge in [-0.15, -0.1) is 0 Å². The van der Waals surface area contributed by atoms with Crippen LogP contribution in [0, 0.1) is 17.3 Å². The highest BCUT2D eigenvalue weighted by Crippen LogP contribution is 2.59. The topological polar surface area (TPSA) is 40.5 Å². The molecule has 0 radical (unpaired) electrons. The molecule has 0 heterocycles. The third kappa shape index (κ3) is 6.51. The highest BCUT2D eigenvalue weighted by Gasteiger charge is 2.56. The summed E-state index contributed by atoms with van der Waals surface area (Å²) in [5, 5.41) is 9.67. The number of ketones is 1. The molecule has 1 aromatic carbocycles. The Bertz CT molecular complexity index is 982. The van der Waals surface area contributed by atoms with E-state index < -0.39 is 18.5 Å². The van der Waals surface area contributed by atoms with Gasteiger partial charge in [0.1, 0.15) is 11.5 Å². The lowest BCUT2D eigenvalue weighted by atomic mass is 9.55. The van der Waals surface area contributed by atoms with Crippen LogP contribution in [0.3, 0.4) is 0 Å². The Kier molecular flexibility index (Phi) is 9.55. The largest absolute Gasteiger partial charge is 0.508 e. The van der Waals surface area contributed by atoms with Gasteiger partial charge in [0.15, 0.2) is 0 Å². The molecule has 2 fully saturated rings. The minimum Gasteiger partial charge on any atom is -0.508 e. The minimum atomic E-state index is -5.44. The number of aryl methyl sites for hydroxylation is 1. The van der Waals surface area contributed by atoms with Crippen molar-refractivity contribution < 1.29 is 31.9 Å². The van der Waals surface area contributed by atoms with Crippen molar-refractivity contribution in [1.82, 2.24) is 4.31 Å². The molecule has 0 aliphatic heterocycles. The van der Waals surface area contributed by atoms with Gasteiger partial charge in [0, 0.05) is 29.5 Å². The van der Waals surface area contributed by atoms with Crippen molar-refractivity contribution in [3.63, 3.8) is 0 Å². The van der Waals surface area contributed by atoms with Crippen molar-refractivity contribution in [1.29, 1.82) is 0 Å². The molecule has 9 heteroatoms. The minimum absolute atomic E-state index is 0.0322. The molecule has 0 spiro atoms. The van der Waals surface area contributed by atoms with Gasteiger partial charge in [-0.25, -0.2) is 4.31 Å². The van der Waals surface area contributed by atoms with Crippen molar-refractivity contribution in [2.45, 2.75) is 109 Å². The second-order valence-electron chi connectivity index (χ2n) is 12.0. The predicted octanol–water partition coefficient (Wildman–Crippen LogP) is 8.55. The molecule has 3 aliphatic rings. The lowest BCUT2D eigenvalue weighted by Gasteiger charge is -2.48. The normalized spacial score (nSPS) is 27.3. The van der Waals surface area contributed by atoms with Gasteiger partial charge in [-0.2, -0.15) is 22.0 Å². The number of phenolic OH excluding ortho intramolecular Hbond substituents is 1. The summed E-state index contributed by atoms with van der Waals surface area (Å²) in [6, 6.07) is 5.90. The van der Waals surface area contributed by atoms with Gasteiger partial charge in [-0.1, -0.05) is 31.9 Å². The predicted molar refractivity (Wildman–Crippen MR) is 143 cm³/mol. The molecule has 3 aliphatic carbocycles. The van der Waals surface area contributed by atoms with Crippen LogP contribution in [0.1, 0.15) is 96.1 Å². The van der Waals surface area contributed by atoms with Gasteiger partial charge in [0.05, 0.1) is 0 Å². The quantitative estimate of drug-likeness (QED) is 0.205. The number of Topliss-reactive ketones (excluding diaryl/α,β-unsaturated/α-hetero) is 1. The average molecular weight is 564 g/mol. The summed E-state index contributed by atoms with van der Waals surface area (Å²) < 4.78 is 62.8. The summed E-state index contributed by atoms with van der Waals surface area (Å²) in [5.74, 6) is -1.54. The van der Waals surface area contributed by atoms with E-state index in [4.69, 9.17) is 0 Å². The standard InChI is InChI=1S/C18H22O2.C11H20F5NS/c1-18-9-8-14-13-5-3-12(19)10-11(13)2-4-15(14)16(18)6-7-17(18)20;1-5-9(2,3)17(4)18-8-6-7-10(12,13)11(14,15)16/h3,5,10,14-16,19H,2,4,6-9H2,1H3;5-8H2,1-4H3. The first-order valence-electron chi connectivity index (χ1n) is 13.7. The van der Waals surface area contributed by atoms with Gasteiger partial charge < -0.3 is 5.11 Å². The number of aromatic hydroxyl groups is 1. The van der Waals surface area contributed by atoms with E-state index in [2.05, 4.69) is 13.0 Å². The zero-order valence-electron chi connectivity index (χ0n) is 23.1. The summed E-state index contributed by atoms with van der Waals surface area (Å²) in [5.41, 5.74) is 2.65. The van der Waals surface area contributed by atoms with E-state index in [-0.39, 0.29) is 23.1 Å². The molecule has 0 bridgehead atoms. The Morgan fingerprint density at radius 2 is 1.79 bits per heavy atom. The SMILES string of the molecule is CC12CCC3c4ccc(O)cc4CCC3C1CCC2=O.CCC(C)(C)N(C)SCCCC(F)(F)C(F)(F)F. The van der Waals surface area contributed by atoms with Crippen LogP contribution in [-0.4, -0.2) is 45.6 Å². The highest BCUT2D eigenvalue weighted by molar-refractivity contribution is 7.97. The van der Waals surface area contributed by atoms with Gasteiger partial charge in [0.2, 0.25) is 0 Å². The van der Waals surface area contributed by atoms with E-state index in [1.165, 1.54) is 29.5 Å². The number of rotatable bonds is 7. The van der Waals surface area contributed by atoms with Crippen LogP contribution < -0.4 is 0 Å². The molecule has 4 rings (SSSR count). The first kappa shape index (κ1) is 31.2. The summed E-state index contributed by atoms with van der Waals surface area (Å²) in [6.45, 7) is 8.19. The molecule has 0 aromatic heterocycles. The number of fused-ring (bicyclic) bond motifs is 5. The van der Waals surface area contributed by atoms with Crippen molar-refractivity contribution in [3.05, 3.63) is 29.3 Å². The summed E-state index contributed by atoms with van der Waals surface area (Å²) >= 11 is 1.29. The molecular weight excluding hydrogens is 521 g/mol. The number of carbonyl (C=O) groups is 1. The molecule has 3 nitrogen and oxygen atoms in total. The number of halogens is 5. The van der Waals surface area contributed by atoms with Crippen LogP contribution in [0.25, 0.3) is 0 Å². The monoisotopic (exact) mass is 563 g/mol. The third-order valence-electron chi connectivity index (χ3n) is 9.47. The Hall–Kier alpha value is -1.35. The van der Waals surface area contributed by atoms with E-state index in [1.54, 1.807) is 0 Å². The van der Waals surface area contributed by atoms with E-state index in [0.29, 0.717) is 29.3 Å². The maximum absolute atomic E-state index is 12.6. The smallest absolute Gasteiger partial charge is 0.453 e. The number of benzene rings is 1. The number of nitrogens with zero attached hydrogens (tertiary/aromatic N) is 1. The number of hydrogen-bond donors (Lipinski definition) is 1. The fourth-order valence-electron chi connectivity index (χ4n) is 6.37. The second-order valence-corrected chi connectivity index (χ2v) is 13.2. The molecule has 4 atom stereocenters. The van der Waals surface area contributed by atoms with Gasteiger partial charge in [0.25, 0.3) is 0 Å². The lowest BCUT2D eigenvalue weighted by molar-refractivity contribution is -0.284. The molecule has 4 unspecified atom stereocenters. The number of carbonyl (C=O) groups excluding carboxylic acids is 1. The molecule has 38 heavy (non-hydrogen) atoms. The Balaban J connectivity index is 0.000000213. The Labute approximate surface area is 228 Å². The van der Waals surface area contributed by atoms with E-state index in [0.717, 1.165) is 38.5 Å². The van der Waals surface area contributed by atoms with E-state index in [9.17, 15) is 31.9 Å². The van der Waals surface area contributed by atoms with Crippen LogP contribution in [0.5, 0.6) is 5.75 Å². The van der Waals surface area contributed by atoms with E-state index in [1.807, 2.05) is 44.3 Å². The number of alkyl halides is 5. The summed E-state index contributed by atoms with van der Waals surface area (Å²) in [7, 11) is 1.82. The second kappa shape index (κ2) is 11.6. The summed E-state index contributed by atoms with van der Waals surface area (Å²) in [6.07, 6.45) is 0.461. The molecule has 2 saturated carbocycles. The summed E-state index contributed by atoms with van der Waals surface area (Å²) in [4.78, 5) is 12.3.